The Morgan fingerprint density at radius 1 is 0.273 bits per heavy atom. The quantitative estimate of drug-likeness (QED) is 0.162. The zero-order valence-corrected chi connectivity index (χ0v) is 36.7. The van der Waals surface area contributed by atoms with E-state index in [1.54, 1.807) is 0 Å². The van der Waals surface area contributed by atoms with Crippen LogP contribution in [0, 0.1) is 13.8 Å². The van der Waals surface area contributed by atoms with E-state index in [4.69, 9.17) is 9.97 Å². The Hall–Kier alpha value is -8.60. The van der Waals surface area contributed by atoms with E-state index in [2.05, 4.69) is 241 Å². The smallest absolute Gasteiger partial charge is 0.0974 e. The van der Waals surface area contributed by atoms with Crippen LogP contribution in [0.15, 0.2) is 231 Å². The minimum atomic E-state index is 0.970. The third-order valence-corrected chi connectivity index (χ3v) is 12.9. The van der Waals surface area contributed by atoms with Gasteiger partial charge < -0.3 is 9.13 Å². The van der Waals surface area contributed by atoms with E-state index in [1.165, 1.54) is 88.4 Å². The average molecular weight is 845 g/mol. The second-order valence-corrected chi connectivity index (χ2v) is 17.0. The summed E-state index contributed by atoms with van der Waals surface area (Å²) >= 11 is 0. The molecule has 0 aliphatic rings. The number of pyridine rings is 2. The molecule has 0 saturated heterocycles. The normalized spacial score (nSPS) is 11.5. The largest absolute Gasteiger partial charge is 0.309 e. The average Bonchev–Trinajstić information content (AvgIpc) is 3.90. The molecule has 0 bridgehead atoms. The Kier molecular flexibility index (Phi) is 9.57. The van der Waals surface area contributed by atoms with Crippen LogP contribution in [0.1, 0.15) is 11.4 Å². The molecule has 0 aliphatic carbocycles. The van der Waals surface area contributed by atoms with Gasteiger partial charge in [-0.25, -0.2) is 0 Å². The van der Waals surface area contributed by atoms with Crippen molar-refractivity contribution >= 4 is 65.4 Å². The third-order valence-electron chi connectivity index (χ3n) is 12.9. The van der Waals surface area contributed by atoms with E-state index < -0.39 is 0 Å². The van der Waals surface area contributed by atoms with Gasteiger partial charge in [0, 0.05) is 55.1 Å². The topological polar surface area (TPSA) is 35.6 Å². The van der Waals surface area contributed by atoms with Gasteiger partial charge in [-0.15, -0.1) is 0 Å². The van der Waals surface area contributed by atoms with Gasteiger partial charge in [-0.05, 0) is 108 Å². The van der Waals surface area contributed by atoms with Crippen molar-refractivity contribution in [1.82, 2.24) is 19.1 Å². The van der Waals surface area contributed by atoms with Crippen LogP contribution in [-0.4, -0.2) is 19.1 Å². The summed E-state index contributed by atoms with van der Waals surface area (Å²) < 4.78 is 4.72. The molecule has 0 N–H and O–H groups in total. The van der Waals surface area contributed by atoms with E-state index >= 15 is 0 Å². The van der Waals surface area contributed by atoms with Gasteiger partial charge in [0.05, 0.1) is 33.1 Å². The number of hydrogen-bond acceptors (Lipinski definition) is 2. The molecule has 312 valence electrons. The Labute approximate surface area is 383 Å². The summed E-state index contributed by atoms with van der Waals surface area (Å²) in [5.74, 6) is 0. The number of benzene rings is 9. The standard InChI is InChI=1S/C36H24N2.C26H20N2/c1-5-13-33-29(9-1)30-10-2-6-14-34(30)37(33)27-21-17-25(18-22-27)26-19-23-28(24-20-26)38-35-15-7-3-11-31(35)32-12-4-8-16-36(32)38;1-17-15-23(19-9-5-3-6-10-19)21-13-14-22-24(20-11-7-4-8-12-20)16-18(2)28-26(22)25(21)27-17/h1-24H;3-16H,1-2H3. The van der Waals surface area contributed by atoms with E-state index in [0.29, 0.717) is 0 Å². The van der Waals surface area contributed by atoms with E-state index in [9.17, 15) is 0 Å². The van der Waals surface area contributed by atoms with Gasteiger partial charge in [0.2, 0.25) is 0 Å². The molecule has 0 amide bonds. The zero-order valence-electron chi connectivity index (χ0n) is 36.7. The van der Waals surface area contributed by atoms with Crippen molar-refractivity contribution in [2.45, 2.75) is 13.8 Å². The molecule has 0 aliphatic heterocycles. The van der Waals surface area contributed by atoms with E-state index in [0.717, 1.165) is 33.2 Å². The number of hydrogen-bond donors (Lipinski definition) is 0. The molecular weight excluding hydrogens is 801 g/mol. The molecule has 13 rings (SSSR count). The maximum absolute atomic E-state index is 4.90. The maximum atomic E-state index is 4.90. The summed E-state index contributed by atoms with van der Waals surface area (Å²) in [5, 5.41) is 7.42. The molecule has 4 nitrogen and oxygen atoms in total. The molecule has 0 spiro atoms. The van der Waals surface area contributed by atoms with Crippen LogP contribution in [0.4, 0.5) is 0 Å². The molecule has 0 unspecified atom stereocenters. The van der Waals surface area contributed by atoms with Gasteiger partial charge in [0.1, 0.15) is 0 Å². The lowest BCUT2D eigenvalue weighted by molar-refractivity contribution is 1.18. The summed E-state index contributed by atoms with van der Waals surface area (Å²) in [4.78, 5) is 9.81. The number of para-hydroxylation sites is 4. The molecule has 0 fully saturated rings. The van der Waals surface area contributed by atoms with Gasteiger partial charge in [0.25, 0.3) is 0 Å². The SMILES string of the molecule is Cc1cc(-c2ccccc2)c2ccc3c(-c4ccccc4)cc(C)nc3c2n1.c1ccc2c(c1)c1ccccc1n2-c1ccc(-c2ccc(-n3c4ccccc4c4ccccc43)cc2)cc1. The van der Waals surface area contributed by atoms with Gasteiger partial charge in [-0.3, -0.25) is 9.97 Å². The van der Waals surface area contributed by atoms with Crippen LogP contribution < -0.4 is 0 Å². The minimum absolute atomic E-state index is 0.970. The van der Waals surface area contributed by atoms with Crippen molar-refractivity contribution < 1.29 is 0 Å². The molecule has 0 saturated carbocycles. The first-order valence-corrected chi connectivity index (χ1v) is 22.6. The fraction of sp³-hybridized carbons (Fsp3) is 0.0323. The van der Waals surface area contributed by atoms with Crippen LogP contribution in [0.25, 0.3) is 110 Å². The Morgan fingerprint density at radius 3 is 0.909 bits per heavy atom. The molecule has 13 aromatic rings. The molecule has 0 radical (unpaired) electrons. The predicted octanol–water partition coefficient (Wildman–Crippen LogP) is 16.3. The van der Waals surface area contributed by atoms with Gasteiger partial charge in [-0.1, -0.05) is 170 Å². The summed E-state index contributed by atoms with van der Waals surface area (Å²) in [7, 11) is 0. The highest BCUT2D eigenvalue weighted by atomic mass is 15.0. The van der Waals surface area contributed by atoms with Crippen LogP contribution in [-0.2, 0) is 0 Å². The first-order chi connectivity index (χ1) is 32.6. The van der Waals surface area contributed by atoms with Gasteiger partial charge >= 0.3 is 0 Å². The number of nitrogens with zero attached hydrogens (tertiary/aromatic N) is 4. The first-order valence-electron chi connectivity index (χ1n) is 22.6. The molecule has 4 aromatic heterocycles. The Balaban J connectivity index is 0.000000145. The number of aryl methyl sites for hydroxylation is 2. The van der Waals surface area contributed by atoms with Crippen LogP contribution >= 0.6 is 0 Å². The minimum Gasteiger partial charge on any atom is -0.309 e. The highest BCUT2D eigenvalue weighted by molar-refractivity contribution is 6.13. The van der Waals surface area contributed by atoms with Crippen molar-refractivity contribution in [3.8, 4) is 44.8 Å². The number of rotatable bonds is 5. The monoisotopic (exact) mass is 844 g/mol. The second kappa shape index (κ2) is 16.2. The molecule has 4 heterocycles. The second-order valence-electron chi connectivity index (χ2n) is 17.0. The predicted molar refractivity (Wildman–Crippen MR) is 278 cm³/mol. The number of aromatic nitrogens is 4. The molecule has 4 heteroatoms. The molecule has 66 heavy (non-hydrogen) atoms. The zero-order chi connectivity index (χ0) is 44.1. The molecular formula is C62H44N4. The van der Waals surface area contributed by atoms with Crippen molar-refractivity contribution in [2.24, 2.45) is 0 Å². The van der Waals surface area contributed by atoms with Crippen LogP contribution in [0.5, 0.6) is 0 Å². The van der Waals surface area contributed by atoms with Crippen molar-refractivity contribution in [3.63, 3.8) is 0 Å². The van der Waals surface area contributed by atoms with Gasteiger partial charge in [-0.2, -0.15) is 0 Å². The Morgan fingerprint density at radius 2 is 0.576 bits per heavy atom. The lowest BCUT2D eigenvalue weighted by Gasteiger charge is -2.13. The van der Waals surface area contributed by atoms with E-state index in [1.807, 2.05) is 12.1 Å². The van der Waals surface area contributed by atoms with Crippen molar-refractivity contribution in [1.29, 1.82) is 0 Å². The lowest BCUT2D eigenvalue weighted by Crippen LogP contribution is -1.94. The summed E-state index contributed by atoms with van der Waals surface area (Å²) in [6, 6.07) is 82.1. The fourth-order valence-electron chi connectivity index (χ4n) is 9.95. The fourth-order valence-corrected chi connectivity index (χ4v) is 9.95. The summed E-state index contributed by atoms with van der Waals surface area (Å²) in [6.45, 7) is 4.11. The first kappa shape index (κ1) is 39.0. The number of fused-ring (bicyclic) bond motifs is 9. The van der Waals surface area contributed by atoms with E-state index in [-0.39, 0.29) is 0 Å². The third kappa shape index (κ3) is 6.70. The van der Waals surface area contributed by atoms with Crippen LogP contribution in [0.2, 0.25) is 0 Å². The maximum Gasteiger partial charge on any atom is 0.0974 e. The van der Waals surface area contributed by atoms with Crippen molar-refractivity contribution in [2.75, 3.05) is 0 Å². The van der Waals surface area contributed by atoms with Gasteiger partial charge in [0.15, 0.2) is 0 Å². The van der Waals surface area contributed by atoms with Crippen LogP contribution in [0.3, 0.4) is 0 Å². The lowest BCUT2D eigenvalue weighted by atomic mass is 9.95. The Bertz CT molecular complexity index is 3550. The molecule has 0 atom stereocenters. The summed E-state index contributed by atoms with van der Waals surface area (Å²) in [5.41, 5.74) is 18.5. The highest BCUT2D eigenvalue weighted by Gasteiger charge is 2.16. The van der Waals surface area contributed by atoms with Crippen molar-refractivity contribution in [3.05, 3.63) is 242 Å². The summed E-state index contributed by atoms with van der Waals surface area (Å²) in [6.07, 6.45) is 0. The molecule has 9 aromatic carbocycles. The highest BCUT2D eigenvalue weighted by Crippen LogP contribution is 2.38.